The van der Waals surface area contributed by atoms with Crippen LogP contribution in [0.2, 0.25) is 0 Å². The SMILES string of the molecule is CN1CCNCC1CN1CCCC1=O. The molecular formula is C10H19N3O. The molecule has 0 aliphatic carbocycles. The first-order valence-corrected chi connectivity index (χ1v) is 5.46. The van der Waals surface area contributed by atoms with Crippen LogP contribution in [0.4, 0.5) is 0 Å². The van der Waals surface area contributed by atoms with Crippen LogP contribution in [0.5, 0.6) is 0 Å². The Labute approximate surface area is 85.2 Å². The van der Waals surface area contributed by atoms with Crippen molar-refractivity contribution in [2.45, 2.75) is 18.9 Å². The van der Waals surface area contributed by atoms with Crippen molar-refractivity contribution in [3.05, 3.63) is 0 Å². The summed E-state index contributed by atoms with van der Waals surface area (Å²) in [6.45, 7) is 5.04. The summed E-state index contributed by atoms with van der Waals surface area (Å²) in [5.74, 6) is 0.337. The van der Waals surface area contributed by atoms with Crippen molar-refractivity contribution in [2.75, 3.05) is 39.8 Å². The van der Waals surface area contributed by atoms with Gasteiger partial charge in [-0.3, -0.25) is 9.69 Å². The summed E-state index contributed by atoms with van der Waals surface area (Å²) >= 11 is 0. The summed E-state index contributed by atoms with van der Waals surface area (Å²) in [5, 5.41) is 3.37. The molecule has 0 aromatic heterocycles. The van der Waals surface area contributed by atoms with Gasteiger partial charge in [-0.25, -0.2) is 0 Å². The second-order valence-electron chi connectivity index (χ2n) is 4.28. The fourth-order valence-electron chi connectivity index (χ4n) is 2.22. The molecule has 2 heterocycles. The molecule has 0 aromatic rings. The Morgan fingerprint density at radius 1 is 1.50 bits per heavy atom. The van der Waals surface area contributed by atoms with Crippen LogP contribution in [0.1, 0.15) is 12.8 Å². The fraction of sp³-hybridized carbons (Fsp3) is 0.900. The lowest BCUT2D eigenvalue weighted by Crippen LogP contribution is -2.54. The standard InChI is InChI=1S/C10H19N3O/c1-12-6-4-11-7-9(12)8-13-5-2-3-10(13)14/h9,11H,2-8H2,1H3. The lowest BCUT2D eigenvalue weighted by Gasteiger charge is -2.35. The summed E-state index contributed by atoms with van der Waals surface area (Å²) in [5.41, 5.74) is 0. The van der Waals surface area contributed by atoms with Gasteiger partial charge in [0.1, 0.15) is 0 Å². The Bertz CT molecular complexity index is 219. The number of hydrogen-bond donors (Lipinski definition) is 1. The largest absolute Gasteiger partial charge is 0.341 e. The van der Waals surface area contributed by atoms with E-state index in [0.29, 0.717) is 11.9 Å². The molecule has 1 atom stereocenters. The highest BCUT2D eigenvalue weighted by atomic mass is 16.2. The van der Waals surface area contributed by atoms with E-state index in [1.807, 2.05) is 4.90 Å². The molecule has 2 aliphatic rings. The summed E-state index contributed by atoms with van der Waals surface area (Å²) < 4.78 is 0. The number of nitrogens with zero attached hydrogens (tertiary/aromatic N) is 2. The molecule has 2 saturated heterocycles. The van der Waals surface area contributed by atoms with E-state index in [-0.39, 0.29) is 0 Å². The van der Waals surface area contributed by atoms with Gasteiger partial charge in [-0.1, -0.05) is 0 Å². The summed E-state index contributed by atoms with van der Waals surface area (Å²) in [4.78, 5) is 15.8. The number of rotatable bonds is 2. The number of piperazine rings is 1. The monoisotopic (exact) mass is 197 g/mol. The van der Waals surface area contributed by atoms with Crippen LogP contribution in [0, 0.1) is 0 Å². The molecule has 1 amide bonds. The van der Waals surface area contributed by atoms with Crippen molar-refractivity contribution in [1.29, 1.82) is 0 Å². The zero-order valence-corrected chi connectivity index (χ0v) is 8.83. The first-order chi connectivity index (χ1) is 6.77. The highest BCUT2D eigenvalue weighted by Crippen LogP contribution is 2.12. The van der Waals surface area contributed by atoms with Gasteiger partial charge in [0.05, 0.1) is 0 Å². The number of likely N-dealkylation sites (N-methyl/N-ethyl adjacent to an activating group) is 1. The van der Waals surface area contributed by atoms with Crippen molar-refractivity contribution < 1.29 is 4.79 Å². The molecule has 4 heteroatoms. The third kappa shape index (κ3) is 2.07. The molecule has 14 heavy (non-hydrogen) atoms. The molecule has 0 aromatic carbocycles. The second-order valence-corrected chi connectivity index (χ2v) is 4.28. The van der Waals surface area contributed by atoms with E-state index in [1.54, 1.807) is 0 Å². The van der Waals surface area contributed by atoms with Crippen molar-refractivity contribution in [1.82, 2.24) is 15.1 Å². The molecule has 2 fully saturated rings. The minimum absolute atomic E-state index is 0.337. The molecule has 0 spiro atoms. The molecule has 1 unspecified atom stereocenters. The lowest BCUT2D eigenvalue weighted by atomic mass is 10.2. The quantitative estimate of drug-likeness (QED) is 0.649. The minimum atomic E-state index is 0.337. The molecule has 1 N–H and O–H groups in total. The molecule has 2 rings (SSSR count). The molecule has 80 valence electrons. The van der Waals surface area contributed by atoms with Gasteiger partial charge >= 0.3 is 0 Å². The van der Waals surface area contributed by atoms with E-state index in [2.05, 4.69) is 17.3 Å². The van der Waals surface area contributed by atoms with Gasteiger partial charge in [0.15, 0.2) is 0 Å². The molecule has 0 bridgehead atoms. The van der Waals surface area contributed by atoms with Crippen molar-refractivity contribution in [3.63, 3.8) is 0 Å². The van der Waals surface area contributed by atoms with Gasteiger partial charge in [0, 0.05) is 45.2 Å². The topological polar surface area (TPSA) is 35.6 Å². The maximum Gasteiger partial charge on any atom is 0.222 e. The zero-order valence-electron chi connectivity index (χ0n) is 8.83. The highest BCUT2D eigenvalue weighted by molar-refractivity contribution is 5.78. The van der Waals surface area contributed by atoms with Crippen LogP contribution in [-0.2, 0) is 4.79 Å². The minimum Gasteiger partial charge on any atom is -0.341 e. The van der Waals surface area contributed by atoms with E-state index >= 15 is 0 Å². The Hall–Kier alpha value is -0.610. The van der Waals surface area contributed by atoms with E-state index in [4.69, 9.17) is 0 Å². The first kappa shape index (κ1) is 9.93. The van der Waals surface area contributed by atoms with E-state index in [9.17, 15) is 4.79 Å². The third-order valence-corrected chi connectivity index (χ3v) is 3.25. The second kappa shape index (κ2) is 4.28. The molecule has 4 nitrogen and oxygen atoms in total. The van der Waals surface area contributed by atoms with Gasteiger partial charge < -0.3 is 10.2 Å². The van der Waals surface area contributed by atoms with Crippen LogP contribution >= 0.6 is 0 Å². The molecule has 2 aliphatic heterocycles. The van der Waals surface area contributed by atoms with Crippen LogP contribution < -0.4 is 5.32 Å². The average molecular weight is 197 g/mol. The smallest absolute Gasteiger partial charge is 0.222 e. The van der Waals surface area contributed by atoms with Gasteiger partial charge in [-0.05, 0) is 13.5 Å². The van der Waals surface area contributed by atoms with E-state index in [0.717, 1.165) is 45.6 Å². The normalized spacial score (nSPS) is 29.9. The zero-order chi connectivity index (χ0) is 9.97. The summed E-state index contributed by atoms with van der Waals surface area (Å²) in [6.07, 6.45) is 1.80. The summed E-state index contributed by atoms with van der Waals surface area (Å²) in [6, 6.07) is 0.505. The Balaban J connectivity index is 1.86. The third-order valence-electron chi connectivity index (χ3n) is 3.25. The van der Waals surface area contributed by atoms with Gasteiger partial charge in [-0.15, -0.1) is 0 Å². The van der Waals surface area contributed by atoms with Crippen molar-refractivity contribution in [2.24, 2.45) is 0 Å². The van der Waals surface area contributed by atoms with Crippen LogP contribution in [0.25, 0.3) is 0 Å². The van der Waals surface area contributed by atoms with Crippen molar-refractivity contribution in [3.8, 4) is 0 Å². The maximum atomic E-state index is 11.4. The van der Waals surface area contributed by atoms with Crippen molar-refractivity contribution >= 4 is 5.91 Å². The first-order valence-electron chi connectivity index (χ1n) is 5.46. The fourth-order valence-corrected chi connectivity index (χ4v) is 2.22. The number of hydrogen-bond acceptors (Lipinski definition) is 3. The molecule has 0 radical (unpaired) electrons. The number of nitrogens with one attached hydrogen (secondary N) is 1. The predicted molar refractivity (Wildman–Crippen MR) is 55.1 cm³/mol. The van der Waals surface area contributed by atoms with Crippen LogP contribution in [0.15, 0.2) is 0 Å². The maximum absolute atomic E-state index is 11.4. The molecule has 0 saturated carbocycles. The predicted octanol–water partition coefficient (Wildman–Crippen LogP) is -0.488. The van der Waals surface area contributed by atoms with E-state index in [1.165, 1.54) is 0 Å². The van der Waals surface area contributed by atoms with Crippen LogP contribution in [-0.4, -0.2) is 61.5 Å². The number of amides is 1. The Morgan fingerprint density at radius 2 is 2.36 bits per heavy atom. The Kier molecular flexibility index (Phi) is 3.03. The number of carbonyl (C=O) groups excluding carboxylic acids is 1. The Morgan fingerprint density at radius 3 is 3.00 bits per heavy atom. The number of likely N-dealkylation sites (tertiary alicyclic amines) is 1. The van der Waals surface area contributed by atoms with Gasteiger partial charge in [-0.2, -0.15) is 0 Å². The molecular weight excluding hydrogens is 178 g/mol. The highest BCUT2D eigenvalue weighted by Gasteiger charge is 2.26. The lowest BCUT2D eigenvalue weighted by molar-refractivity contribution is -0.128. The summed E-state index contributed by atoms with van der Waals surface area (Å²) in [7, 11) is 2.14. The van der Waals surface area contributed by atoms with Gasteiger partial charge in [0.25, 0.3) is 0 Å². The van der Waals surface area contributed by atoms with Gasteiger partial charge in [0.2, 0.25) is 5.91 Å². The average Bonchev–Trinajstić information content (AvgIpc) is 2.56. The number of carbonyl (C=O) groups is 1. The van der Waals surface area contributed by atoms with Crippen LogP contribution in [0.3, 0.4) is 0 Å². The van der Waals surface area contributed by atoms with E-state index < -0.39 is 0 Å².